The standard InChI is InChI=1S/C17H19F3N2O4/c1-16(2,15(25)26)14(24)21-11-7-13(23)22(9-11)8-10-5-3-4-6-12(10)17(18,19)20/h3-6,11H,7-9H2,1-2H3,(H,21,24)(H,25,26). The number of halogens is 3. The number of nitrogens with one attached hydrogen (secondary N) is 1. The molecule has 1 aliphatic heterocycles. The van der Waals surface area contributed by atoms with Gasteiger partial charge in [0, 0.05) is 19.5 Å². The van der Waals surface area contributed by atoms with E-state index in [0.717, 1.165) is 6.07 Å². The third-order valence-electron chi connectivity index (χ3n) is 4.34. The van der Waals surface area contributed by atoms with Crippen molar-refractivity contribution in [3.8, 4) is 0 Å². The molecule has 6 nitrogen and oxygen atoms in total. The SMILES string of the molecule is CC(C)(C(=O)O)C(=O)NC1CC(=O)N(Cc2ccccc2C(F)(F)F)C1. The zero-order valence-electron chi connectivity index (χ0n) is 14.3. The second-order valence-electron chi connectivity index (χ2n) is 6.73. The number of hydrogen-bond donors (Lipinski definition) is 2. The monoisotopic (exact) mass is 372 g/mol. The summed E-state index contributed by atoms with van der Waals surface area (Å²) in [4.78, 5) is 36.5. The van der Waals surface area contributed by atoms with Crippen molar-refractivity contribution in [1.82, 2.24) is 10.2 Å². The van der Waals surface area contributed by atoms with Crippen molar-refractivity contribution in [2.75, 3.05) is 6.54 Å². The number of hydrogen-bond acceptors (Lipinski definition) is 3. The summed E-state index contributed by atoms with van der Waals surface area (Å²) in [5, 5.41) is 11.5. The summed E-state index contributed by atoms with van der Waals surface area (Å²) >= 11 is 0. The van der Waals surface area contributed by atoms with Crippen LogP contribution in [-0.2, 0) is 27.1 Å². The summed E-state index contributed by atoms with van der Waals surface area (Å²) in [6.07, 6.45) is -4.62. The number of benzene rings is 1. The molecule has 1 heterocycles. The van der Waals surface area contributed by atoms with Crippen molar-refractivity contribution >= 4 is 17.8 Å². The molecular weight excluding hydrogens is 353 g/mol. The molecule has 26 heavy (non-hydrogen) atoms. The van der Waals surface area contributed by atoms with E-state index in [1.165, 1.54) is 36.9 Å². The van der Waals surface area contributed by atoms with Gasteiger partial charge in [-0.3, -0.25) is 14.4 Å². The summed E-state index contributed by atoms with van der Waals surface area (Å²) in [6, 6.07) is 4.33. The second kappa shape index (κ2) is 6.97. The highest BCUT2D eigenvalue weighted by molar-refractivity contribution is 6.01. The van der Waals surface area contributed by atoms with Crippen molar-refractivity contribution in [3.63, 3.8) is 0 Å². The number of carbonyl (C=O) groups excluding carboxylic acids is 2. The molecule has 1 fully saturated rings. The number of aliphatic carboxylic acids is 1. The molecule has 0 aliphatic carbocycles. The number of alkyl halides is 3. The Kier molecular flexibility index (Phi) is 5.29. The lowest BCUT2D eigenvalue weighted by atomic mass is 9.92. The number of carboxylic acids is 1. The highest BCUT2D eigenvalue weighted by atomic mass is 19.4. The van der Waals surface area contributed by atoms with Crippen LogP contribution in [-0.4, -0.2) is 40.4 Å². The Morgan fingerprint density at radius 2 is 1.88 bits per heavy atom. The average molecular weight is 372 g/mol. The van der Waals surface area contributed by atoms with Crippen LogP contribution >= 0.6 is 0 Å². The zero-order valence-corrected chi connectivity index (χ0v) is 14.3. The van der Waals surface area contributed by atoms with Crippen LogP contribution in [0.4, 0.5) is 13.2 Å². The van der Waals surface area contributed by atoms with Gasteiger partial charge in [-0.2, -0.15) is 13.2 Å². The molecule has 1 aromatic carbocycles. The van der Waals surface area contributed by atoms with Crippen molar-refractivity contribution in [1.29, 1.82) is 0 Å². The van der Waals surface area contributed by atoms with Gasteiger partial charge in [0.2, 0.25) is 11.8 Å². The third kappa shape index (κ3) is 4.14. The van der Waals surface area contributed by atoms with E-state index in [1.807, 2.05) is 0 Å². The Labute approximate surface area is 148 Å². The molecule has 142 valence electrons. The first-order chi connectivity index (χ1) is 11.9. The van der Waals surface area contributed by atoms with E-state index < -0.39 is 41.0 Å². The predicted molar refractivity (Wildman–Crippen MR) is 84.8 cm³/mol. The zero-order chi connectivity index (χ0) is 19.7. The quantitative estimate of drug-likeness (QED) is 0.775. The van der Waals surface area contributed by atoms with E-state index in [4.69, 9.17) is 5.11 Å². The van der Waals surface area contributed by atoms with Crippen LogP contribution in [0.2, 0.25) is 0 Å². The minimum absolute atomic E-state index is 0.0203. The number of carboxylic acid groups (broad SMARTS) is 1. The second-order valence-corrected chi connectivity index (χ2v) is 6.73. The molecule has 0 radical (unpaired) electrons. The first-order valence-electron chi connectivity index (χ1n) is 7.90. The van der Waals surface area contributed by atoms with Gasteiger partial charge in [0.15, 0.2) is 0 Å². The van der Waals surface area contributed by atoms with E-state index in [1.54, 1.807) is 0 Å². The number of carbonyl (C=O) groups is 3. The summed E-state index contributed by atoms with van der Waals surface area (Å²) in [6.45, 7) is 2.26. The lowest BCUT2D eigenvalue weighted by Crippen LogP contribution is -2.47. The summed E-state index contributed by atoms with van der Waals surface area (Å²) in [5.41, 5.74) is -2.52. The van der Waals surface area contributed by atoms with Crippen molar-refractivity contribution in [2.24, 2.45) is 5.41 Å². The summed E-state index contributed by atoms with van der Waals surface area (Å²) in [7, 11) is 0. The lowest BCUT2D eigenvalue weighted by molar-refractivity contribution is -0.153. The molecule has 0 bridgehead atoms. The largest absolute Gasteiger partial charge is 0.480 e. The highest BCUT2D eigenvalue weighted by Crippen LogP contribution is 2.33. The Morgan fingerprint density at radius 3 is 2.46 bits per heavy atom. The Bertz CT molecular complexity index is 731. The highest BCUT2D eigenvalue weighted by Gasteiger charge is 2.40. The van der Waals surface area contributed by atoms with Gasteiger partial charge in [-0.25, -0.2) is 0 Å². The van der Waals surface area contributed by atoms with Gasteiger partial charge in [-0.1, -0.05) is 18.2 Å². The van der Waals surface area contributed by atoms with Gasteiger partial charge in [0.05, 0.1) is 11.6 Å². The van der Waals surface area contributed by atoms with Crippen LogP contribution in [0.3, 0.4) is 0 Å². The van der Waals surface area contributed by atoms with Crippen LogP contribution in [0.25, 0.3) is 0 Å². The molecule has 2 N–H and O–H groups in total. The first-order valence-corrected chi connectivity index (χ1v) is 7.90. The fraction of sp³-hybridized carbons (Fsp3) is 0.471. The maximum Gasteiger partial charge on any atom is 0.416 e. The normalized spacial score (nSPS) is 18.1. The van der Waals surface area contributed by atoms with Crippen molar-refractivity contribution < 1.29 is 32.7 Å². The Balaban J connectivity index is 2.08. The lowest BCUT2D eigenvalue weighted by Gasteiger charge is -2.22. The van der Waals surface area contributed by atoms with E-state index in [2.05, 4.69) is 5.32 Å². The molecule has 0 saturated carbocycles. The number of rotatable bonds is 5. The van der Waals surface area contributed by atoms with Gasteiger partial charge in [0.25, 0.3) is 0 Å². The number of nitrogens with zero attached hydrogens (tertiary/aromatic N) is 1. The first kappa shape index (κ1) is 19.7. The van der Waals surface area contributed by atoms with E-state index in [0.29, 0.717) is 0 Å². The van der Waals surface area contributed by atoms with Gasteiger partial charge < -0.3 is 15.3 Å². The van der Waals surface area contributed by atoms with Crippen LogP contribution in [0.1, 0.15) is 31.4 Å². The number of amides is 2. The molecule has 1 atom stereocenters. The molecule has 9 heteroatoms. The summed E-state index contributed by atoms with van der Waals surface area (Å²) < 4.78 is 39.2. The van der Waals surface area contributed by atoms with Crippen molar-refractivity contribution in [3.05, 3.63) is 35.4 Å². The molecule has 2 amide bonds. The summed E-state index contributed by atoms with van der Waals surface area (Å²) in [5.74, 6) is -2.46. The Morgan fingerprint density at radius 1 is 1.27 bits per heavy atom. The molecule has 2 rings (SSSR count). The predicted octanol–water partition coefficient (Wildman–Crippen LogP) is 2.03. The van der Waals surface area contributed by atoms with E-state index in [-0.39, 0.29) is 25.1 Å². The third-order valence-corrected chi connectivity index (χ3v) is 4.34. The molecular formula is C17H19F3N2O4. The Hall–Kier alpha value is -2.58. The van der Waals surface area contributed by atoms with Crippen LogP contribution in [0.5, 0.6) is 0 Å². The van der Waals surface area contributed by atoms with Gasteiger partial charge >= 0.3 is 12.1 Å². The minimum atomic E-state index is -4.53. The fourth-order valence-corrected chi connectivity index (χ4v) is 2.62. The van der Waals surface area contributed by atoms with E-state index >= 15 is 0 Å². The van der Waals surface area contributed by atoms with Crippen LogP contribution in [0, 0.1) is 5.41 Å². The molecule has 0 aromatic heterocycles. The van der Waals surface area contributed by atoms with Crippen LogP contribution < -0.4 is 5.32 Å². The van der Waals surface area contributed by atoms with Gasteiger partial charge in [-0.15, -0.1) is 0 Å². The molecule has 0 spiro atoms. The van der Waals surface area contributed by atoms with Crippen molar-refractivity contribution in [2.45, 2.75) is 39.0 Å². The molecule has 1 saturated heterocycles. The average Bonchev–Trinajstić information content (AvgIpc) is 2.86. The maximum atomic E-state index is 13.1. The van der Waals surface area contributed by atoms with E-state index in [9.17, 15) is 27.6 Å². The minimum Gasteiger partial charge on any atom is -0.480 e. The van der Waals surface area contributed by atoms with Gasteiger partial charge in [0.1, 0.15) is 5.41 Å². The van der Waals surface area contributed by atoms with Gasteiger partial charge in [-0.05, 0) is 25.5 Å². The molecule has 1 aliphatic rings. The fourth-order valence-electron chi connectivity index (χ4n) is 2.62. The maximum absolute atomic E-state index is 13.1. The molecule has 1 unspecified atom stereocenters. The smallest absolute Gasteiger partial charge is 0.416 e. The molecule has 1 aromatic rings. The number of likely N-dealkylation sites (tertiary alicyclic amines) is 1. The van der Waals surface area contributed by atoms with Crippen LogP contribution in [0.15, 0.2) is 24.3 Å². The topological polar surface area (TPSA) is 86.7 Å².